The van der Waals surface area contributed by atoms with Crippen LogP contribution in [0.3, 0.4) is 0 Å². The van der Waals surface area contributed by atoms with E-state index in [1.807, 2.05) is 6.92 Å². The molecule has 0 rings (SSSR count). The zero-order valence-corrected chi connectivity index (χ0v) is 9.73. The highest BCUT2D eigenvalue weighted by Crippen LogP contribution is 2.11. The van der Waals surface area contributed by atoms with Gasteiger partial charge in [-0.15, -0.1) is 0 Å². The fraction of sp³-hybridized carbons (Fsp3) is 1.00. The molecule has 0 spiro atoms. The third-order valence-electron chi connectivity index (χ3n) is 2.38. The Bertz CT molecular complexity index is 106. The second-order valence-electron chi connectivity index (χ2n) is 3.78. The van der Waals surface area contributed by atoms with Crippen molar-refractivity contribution in [3.05, 3.63) is 0 Å². The summed E-state index contributed by atoms with van der Waals surface area (Å²) in [5.74, 6) is 0. The maximum absolute atomic E-state index is 12.8. The van der Waals surface area contributed by atoms with Crippen molar-refractivity contribution in [1.29, 1.82) is 0 Å². The fourth-order valence-electron chi connectivity index (χ4n) is 1.53. The maximum atomic E-state index is 12.8. The van der Waals surface area contributed by atoms with Crippen LogP contribution in [0.25, 0.3) is 0 Å². The summed E-state index contributed by atoms with van der Waals surface area (Å²) in [4.78, 5) is 0. The van der Waals surface area contributed by atoms with Crippen molar-refractivity contribution in [1.82, 2.24) is 0 Å². The van der Waals surface area contributed by atoms with Gasteiger partial charge in [-0.1, -0.05) is 45.4 Å². The minimum atomic E-state index is -1.03. The number of rotatable bonds is 10. The highest BCUT2D eigenvalue weighted by molar-refractivity contribution is 4.48. The predicted octanol–water partition coefficient (Wildman–Crippen LogP) is 4.46. The molecule has 1 atom stereocenters. The number of halogens is 1. The summed E-state index contributed by atoms with van der Waals surface area (Å²) in [5, 5.41) is 0. The van der Waals surface area contributed by atoms with Gasteiger partial charge in [-0.25, -0.2) is 4.39 Å². The SMILES string of the molecule is CCCCCCCCCC(F)OCC. The molecule has 0 heterocycles. The van der Waals surface area contributed by atoms with E-state index in [0.717, 1.165) is 12.8 Å². The van der Waals surface area contributed by atoms with Gasteiger partial charge in [-0.2, -0.15) is 0 Å². The quantitative estimate of drug-likeness (QED) is 0.477. The molecular weight excluding hydrogens is 179 g/mol. The summed E-state index contributed by atoms with van der Waals surface area (Å²) in [5.41, 5.74) is 0. The Kier molecular flexibility index (Phi) is 10.9. The normalized spacial score (nSPS) is 13.1. The average molecular weight is 204 g/mol. The van der Waals surface area contributed by atoms with Gasteiger partial charge >= 0.3 is 0 Å². The topological polar surface area (TPSA) is 9.23 Å². The smallest absolute Gasteiger partial charge is 0.198 e. The van der Waals surface area contributed by atoms with Crippen LogP contribution < -0.4 is 0 Å². The average Bonchev–Trinajstić information content (AvgIpc) is 2.17. The van der Waals surface area contributed by atoms with Gasteiger partial charge in [0.1, 0.15) is 0 Å². The van der Waals surface area contributed by atoms with Crippen LogP contribution in [0.1, 0.15) is 65.2 Å². The van der Waals surface area contributed by atoms with Gasteiger partial charge in [0.2, 0.25) is 0 Å². The summed E-state index contributed by atoms with van der Waals surface area (Å²) in [6.45, 7) is 4.53. The number of hydrogen-bond acceptors (Lipinski definition) is 1. The highest BCUT2D eigenvalue weighted by atomic mass is 19.1. The number of unbranched alkanes of at least 4 members (excludes halogenated alkanes) is 6. The molecule has 0 aliphatic rings. The van der Waals surface area contributed by atoms with Gasteiger partial charge in [0.25, 0.3) is 0 Å². The lowest BCUT2D eigenvalue weighted by Crippen LogP contribution is -2.05. The Balaban J connectivity index is 2.98. The molecule has 0 amide bonds. The first-order valence-electron chi connectivity index (χ1n) is 6.07. The molecule has 86 valence electrons. The lowest BCUT2D eigenvalue weighted by Gasteiger charge is -2.07. The molecule has 0 fully saturated rings. The summed E-state index contributed by atoms with van der Waals surface area (Å²) in [6, 6.07) is 0. The van der Waals surface area contributed by atoms with E-state index < -0.39 is 6.36 Å². The zero-order valence-electron chi connectivity index (χ0n) is 9.73. The van der Waals surface area contributed by atoms with Crippen LogP contribution in [0, 0.1) is 0 Å². The van der Waals surface area contributed by atoms with Gasteiger partial charge in [0, 0.05) is 13.0 Å². The molecule has 0 aliphatic heterocycles. The molecule has 0 aromatic carbocycles. The molecule has 0 saturated heterocycles. The van der Waals surface area contributed by atoms with Crippen LogP contribution in [-0.4, -0.2) is 13.0 Å². The first-order valence-corrected chi connectivity index (χ1v) is 6.07. The fourth-order valence-corrected chi connectivity index (χ4v) is 1.53. The van der Waals surface area contributed by atoms with E-state index in [-0.39, 0.29) is 0 Å². The zero-order chi connectivity index (χ0) is 10.6. The summed E-state index contributed by atoms with van der Waals surface area (Å²) < 4.78 is 17.6. The van der Waals surface area contributed by atoms with Crippen LogP contribution in [0.5, 0.6) is 0 Å². The van der Waals surface area contributed by atoms with Crippen molar-refractivity contribution >= 4 is 0 Å². The molecule has 1 nitrogen and oxygen atoms in total. The summed E-state index contributed by atoms with van der Waals surface area (Å²) in [7, 11) is 0. The van der Waals surface area contributed by atoms with E-state index in [1.54, 1.807) is 0 Å². The van der Waals surface area contributed by atoms with Crippen LogP contribution >= 0.6 is 0 Å². The first kappa shape index (κ1) is 13.9. The third kappa shape index (κ3) is 9.97. The Morgan fingerprint density at radius 1 is 0.929 bits per heavy atom. The molecule has 1 unspecified atom stereocenters. The lowest BCUT2D eigenvalue weighted by atomic mass is 10.1. The van der Waals surface area contributed by atoms with Crippen molar-refractivity contribution in [2.75, 3.05) is 6.61 Å². The standard InChI is InChI=1S/C12H25FO/c1-3-5-6-7-8-9-10-11-12(13)14-4-2/h12H,3-11H2,1-2H3. The Morgan fingerprint density at radius 3 is 2.07 bits per heavy atom. The molecule has 0 aromatic rings. The Hall–Kier alpha value is -0.110. The van der Waals surface area contributed by atoms with Crippen LogP contribution in [0.15, 0.2) is 0 Å². The van der Waals surface area contributed by atoms with Crippen LogP contribution in [0.4, 0.5) is 4.39 Å². The van der Waals surface area contributed by atoms with Gasteiger partial charge < -0.3 is 4.74 Å². The van der Waals surface area contributed by atoms with E-state index in [9.17, 15) is 4.39 Å². The Morgan fingerprint density at radius 2 is 1.50 bits per heavy atom. The van der Waals surface area contributed by atoms with E-state index in [1.165, 1.54) is 32.1 Å². The van der Waals surface area contributed by atoms with Crippen LogP contribution in [0.2, 0.25) is 0 Å². The van der Waals surface area contributed by atoms with Crippen LogP contribution in [-0.2, 0) is 4.74 Å². The van der Waals surface area contributed by atoms with E-state index >= 15 is 0 Å². The van der Waals surface area contributed by atoms with E-state index in [2.05, 4.69) is 6.92 Å². The highest BCUT2D eigenvalue weighted by Gasteiger charge is 2.03. The van der Waals surface area contributed by atoms with Gasteiger partial charge in [0.15, 0.2) is 6.36 Å². The maximum Gasteiger partial charge on any atom is 0.198 e. The third-order valence-corrected chi connectivity index (χ3v) is 2.38. The molecule has 0 aromatic heterocycles. The predicted molar refractivity (Wildman–Crippen MR) is 59.1 cm³/mol. The molecular formula is C12H25FO. The number of alkyl halides is 1. The van der Waals surface area contributed by atoms with Gasteiger partial charge in [-0.3, -0.25) is 0 Å². The minimum absolute atomic E-state index is 0.484. The summed E-state index contributed by atoms with van der Waals surface area (Å²) in [6.07, 6.45) is 8.17. The van der Waals surface area contributed by atoms with Crippen molar-refractivity contribution in [3.8, 4) is 0 Å². The minimum Gasteiger partial charge on any atom is -0.348 e. The number of ether oxygens (including phenoxy) is 1. The van der Waals surface area contributed by atoms with Crippen molar-refractivity contribution < 1.29 is 9.13 Å². The van der Waals surface area contributed by atoms with E-state index in [0.29, 0.717) is 13.0 Å². The van der Waals surface area contributed by atoms with Gasteiger partial charge in [-0.05, 0) is 13.3 Å². The molecule has 0 N–H and O–H groups in total. The molecule has 2 heteroatoms. The van der Waals surface area contributed by atoms with Crippen molar-refractivity contribution in [3.63, 3.8) is 0 Å². The molecule has 0 saturated carbocycles. The molecule has 0 aliphatic carbocycles. The lowest BCUT2D eigenvalue weighted by molar-refractivity contribution is -0.0385. The Labute approximate surface area is 88.0 Å². The summed E-state index contributed by atoms with van der Waals surface area (Å²) >= 11 is 0. The monoisotopic (exact) mass is 204 g/mol. The van der Waals surface area contributed by atoms with Crippen molar-refractivity contribution in [2.45, 2.75) is 71.6 Å². The largest absolute Gasteiger partial charge is 0.348 e. The van der Waals surface area contributed by atoms with E-state index in [4.69, 9.17) is 4.74 Å². The molecule has 0 radical (unpaired) electrons. The van der Waals surface area contributed by atoms with Crippen molar-refractivity contribution in [2.24, 2.45) is 0 Å². The number of hydrogen-bond donors (Lipinski definition) is 0. The first-order chi connectivity index (χ1) is 6.81. The second kappa shape index (κ2) is 11.0. The molecule has 0 bridgehead atoms. The second-order valence-corrected chi connectivity index (χ2v) is 3.78. The molecule has 14 heavy (non-hydrogen) atoms. The van der Waals surface area contributed by atoms with Gasteiger partial charge in [0.05, 0.1) is 0 Å².